The number of thiophene rings is 1. The number of aromatic nitrogens is 2. The zero-order valence-corrected chi connectivity index (χ0v) is 15.5. The van der Waals surface area contributed by atoms with Gasteiger partial charge in [-0.15, -0.1) is 11.3 Å². The average Bonchev–Trinajstić information content (AvgIpc) is 3.07. The van der Waals surface area contributed by atoms with Gasteiger partial charge < -0.3 is 11.1 Å². The highest BCUT2D eigenvalue weighted by molar-refractivity contribution is 7.17. The van der Waals surface area contributed by atoms with E-state index in [0.717, 1.165) is 17.5 Å². The van der Waals surface area contributed by atoms with Crippen LogP contribution in [-0.2, 0) is 11.3 Å². The highest BCUT2D eigenvalue weighted by Crippen LogP contribution is 2.30. The third-order valence-electron chi connectivity index (χ3n) is 4.21. The van der Waals surface area contributed by atoms with Crippen molar-refractivity contribution in [2.45, 2.75) is 26.3 Å². The standard InChI is InChI=1S/C19H22N4O2S/c1-13-3-5-14(6-4-13)15-11-26-18-17(15)19(25)23(12-22-18)10-7-16(24)21-9-2-8-20/h3-6,11-12H,2,7-10,20H2,1H3,(H,21,24). The molecule has 3 aromatic rings. The summed E-state index contributed by atoms with van der Waals surface area (Å²) < 4.78 is 1.51. The number of carbonyl (C=O) groups excluding carboxylic acids is 1. The maximum Gasteiger partial charge on any atom is 0.262 e. The Hall–Kier alpha value is -2.51. The summed E-state index contributed by atoms with van der Waals surface area (Å²) in [5.41, 5.74) is 8.36. The third-order valence-corrected chi connectivity index (χ3v) is 5.09. The maximum absolute atomic E-state index is 12.9. The van der Waals surface area contributed by atoms with E-state index < -0.39 is 0 Å². The van der Waals surface area contributed by atoms with E-state index in [1.54, 1.807) is 0 Å². The monoisotopic (exact) mass is 370 g/mol. The molecule has 0 unspecified atom stereocenters. The number of nitrogens with two attached hydrogens (primary N) is 1. The molecule has 3 rings (SSSR count). The fraction of sp³-hybridized carbons (Fsp3) is 0.316. The van der Waals surface area contributed by atoms with Gasteiger partial charge in [0.05, 0.1) is 11.7 Å². The highest BCUT2D eigenvalue weighted by atomic mass is 32.1. The van der Waals surface area contributed by atoms with E-state index in [1.807, 2.05) is 36.6 Å². The van der Waals surface area contributed by atoms with E-state index in [0.29, 0.717) is 29.9 Å². The van der Waals surface area contributed by atoms with Gasteiger partial charge in [0.25, 0.3) is 5.56 Å². The largest absolute Gasteiger partial charge is 0.356 e. The van der Waals surface area contributed by atoms with Gasteiger partial charge in [0.2, 0.25) is 5.91 Å². The first-order valence-electron chi connectivity index (χ1n) is 8.60. The van der Waals surface area contributed by atoms with Crippen molar-refractivity contribution in [2.24, 2.45) is 5.73 Å². The lowest BCUT2D eigenvalue weighted by molar-refractivity contribution is -0.121. The quantitative estimate of drug-likeness (QED) is 0.625. The van der Waals surface area contributed by atoms with Crippen molar-refractivity contribution in [1.82, 2.24) is 14.9 Å². The van der Waals surface area contributed by atoms with Crippen molar-refractivity contribution in [1.29, 1.82) is 0 Å². The fourth-order valence-corrected chi connectivity index (χ4v) is 3.62. The van der Waals surface area contributed by atoms with Crippen molar-refractivity contribution in [3.05, 3.63) is 51.9 Å². The number of amides is 1. The Labute approximate surface area is 155 Å². The lowest BCUT2D eigenvalue weighted by Gasteiger charge is -2.07. The van der Waals surface area contributed by atoms with Gasteiger partial charge in [0.1, 0.15) is 4.83 Å². The lowest BCUT2D eigenvalue weighted by Crippen LogP contribution is -2.29. The maximum atomic E-state index is 12.9. The zero-order valence-electron chi connectivity index (χ0n) is 14.7. The number of benzene rings is 1. The molecule has 1 aromatic carbocycles. The molecule has 0 atom stereocenters. The molecule has 0 aliphatic heterocycles. The first kappa shape index (κ1) is 18.3. The Kier molecular flexibility index (Phi) is 5.80. The van der Waals surface area contributed by atoms with Crippen LogP contribution in [0.15, 0.2) is 40.8 Å². The van der Waals surface area contributed by atoms with Crippen molar-refractivity contribution in [3.8, 4) is 11.1 Å². The van der Waals surface area contributed by atoms with E-state index >= 15 is 0 Å². The predicted octanol–water partition coefficient (Wildman–Crippen LogP) is 2.29. The van der Waals surface area contributed by atoms with Gasteiger partial charge in [0.15, 0.2) is 0 Å². The van der Waals surface area contributed by atoms with E-state index in [1.165, 1.54) is 27.8 Å². The van der Waals surface area contributed by atoms with E-state index in [9.17, 15) is 9.59 Å². The minimum Gasteiger partial charge on any atom is -0.356 e. The Morgan fingerprint density at radius 1 is 1.31 bits per heavy atom. The molecule has 0 saturated carbocycles. The van der Waals surface area contributed by atoms with Crippen LogP contribution in [0.2, 0.25) is 0 Å². The number of aryl methyl sites for hydroxylation is 2. The first-order valence-corrected chi connectivity index (χ1v) is 9.48. The van der Waals surface area contributed by atoms with Crippen LogP contribution in [0.5, 0.6) is 0 Å². The number of carbonyl (C=O) groups is 1. The molecule has 2 aromatic heterocycles. The molecule has 3 N–H and O–H groups in total. The van der Waals surface area contributed by atoms with Crippen LogP contribution in [0.4, 0.5) is 0 Å². The second-order valence-electron chi connectivity index (χ2n) is 6.18. The van der Waals surface area contributed by atoms with Crippen LogP contribution in [0.25, 0.3) is 21.3 Å². The van der Waals surface area contributed by atoms with Gasteiger partial charge in [-0.1, -0.05) is 29.8 Å². The van der Waals surface area contributed by atoms with Crippen molar-refractivity contribution < 1.29 is 4.79 Å². The summed E-state index contributed by atoms with van der Waals surface area (Å²) >= 11 is 1.46. The van der Waals surface area contributed by atoms with Gasteiger partial charge in [-0.3, -0.25) is 14.2 Å². The number of hydrogen-bond acceptors (Lipinski definition) is 5. The zero-order chi connectivity index (χ0) is 18.5. The predicted molar refractivity (Wildman–Crippen MR) is 105 cm³/mol. The topological polar surface area (TPSA) is 90.0 Å². The van der Waals surface area contributed by atoms with Crippen LogP contribution >= 0.6 is 11.3 Å². The van der Waals surface area contributed by atoms with Crippen LogP contribution in [0.3, 0.4) is 0 Å². The number of nitrogens with zero attached hydrogens (tertiary/aromatic N) is 2. The van der Waals surface area contributed by atoms with Crippen LogP contribution in [-0.4, -0.2) is 28.5 Å². The molecular formula is C19H22N4O2S. The van der Waals surface area contributed by atoms with Gasteiger partial charge in [-0.2, -0.15) is 0 Å². The van der Waals surface area contributed by atoms with Gasteiger partial charge >= 0.3 is 0 Å². The number of hydrogen-bond donors (Lipinski definition) is 2. The third kappa shape index (κ3) is 4.00. The lowest BCUT2D eigenvalue weighted by atomic mass is 10.1. The first-order chi connectivity index (χ1) is 12.6. The summed E-state index contributed by atoms with van der Waals surface area (Å²) in [5, 5.41) is 5.38. The summed E-state index contributed by atoms with van der Waals surface area (Å²) in [7, 11) is 0. The van der Waals surface area contributed by atoms with Crippen molar-refractivity contribution in [2.75, 3.05) is 13.1 Å². The Morgan fingerprint density at radius 3 is 2.81 bits per heavy atom. The minimum absolute atomic E-state index is 0.0884. The molecule has 0 fully saturated rings. The van der Waals surface area contributed by atoms with Crippen LogP contribution < -0.4 is 16.6 Å². The Morgan fingerprint density at radius 2 is 2.08 bits per heavy atom. The Bertz CT molecular complexity index is 960. The molecule has 0 spiro atoms. The van der Waals surface area contributed by atoms with E-state index in [4.69, 9.17) is 5.73 Å². The summed E-state index contributed by atoms with van der Waals surface area (Å²) in [5.74, 6) is -0.0884. The Balaban J connectivity index is 1.84. The molecule has 136 valence electrons. The van der Waals surface area contributed by atoms with Crippen LogP contribution in [0.1, 0.15) is 18.4 Å². The van der Waals surface area contributed by atoms with E-state index in [-0.39, 0.29) is 17.9 Å². The molecule has 2 heterocycles. The highest BCUT2D eigenvalue weighted by Gasteiger charge is 2.13. The molecule has 0 bridgehead atoms. The average molecular weight is 370 g/mol. The molecule has 7 heteroatoms. The summed E-state index contributed by atoms with van der Waals surface area (Å²) in [6.45, 7) is 3.44. The fourth-order valence-electron chi connectivity index (χ4n) is 2.71. The molecule has 1 amide bonds. The van der Waals surface area contributed by atoms with Gasteiger partial charge in [-0.05, 0) is 25.5 Å². The molecule has 6 nitrogen and oxygen atoms in total. The second-order valence-corrected chi connectivity index (χ2v) is 7.04. The molecule has 26 heavy (non-hydrogen) atoms. The smallest absolute Gasteiger partial charge is 0.262 e. The SMILES string of the molecule is Cc1ccc(-c2csc3ncn(CCC(=O)NCCCN)c(=O)c23)cc1. The summed E-state index contributed by atoms with van der Waals surface area (Å²) in [6, 6.07) is 8.08. The number of nitrogens with one attached hydrogen (secondary N) is 1. The van der Waals surface area contributed by atoms with E-state index in [2.05, 4.69) is 10.3 Å². The number of rotatable bonds is 7. The summed E-state index contributed by atoms with van der Waals surface area (Å²) in [4.78, 5) is 29.9. The number of fused-ring (bicyclic) bond motifs is 1. The minimum atomic E-state index is -0.110. The van der Waals surface area contributed by atoms with Crippen molar-refractivity contribution in [3.63, 3.8) is 0 Å². The van der Waals surface area contributed by atoms with Gasteiger partial charge in [-0.25, -0.2) is 4.98 Å². The normalized spacial score (nSPS) is 11.0. The second kappa shape index (κ2) is 8.25. The molecule has 0 saturated heterocycles. The molecule has 0 radical (unpaired) electrons. The van der Waals surface area contributed by atoms with Gasteiger partial charge in [0, 0.05) is 30.5 Å². The summed E-state index contributed by atoms with van der Waals surface area (Å²) in [6.07, 6.45) is 2.50. The molecular weight excluding hydrogens is 348 g/mol. The molecule has 0 aliphatic carbocycles. The van der Waals surface area contributed by atoms with Crippen LogP contribution in [0, 0.1) is 6.92 Å². The molecule has 0 aliphatic rings. The van der Waals surface area contributed by atoms with Crippen molar-refractivity contribution >= 4 is 27.5 Å².